The van der Waals surface area contributed by atoms with Crippen LogP contribution in [0.15, 0.2) is 57.9 Å². The standard InChI is InChI=1S/C13H16ClNO3S2.C12H15ClNS/c1-3-13-15(7-6-9(2)20(16,17)18)11-8-10(14)4-5-12(11)19-13;1-9(2)5-6-14-8-15-12-4-3-10(13)7-11(12)14/h3-5,8-9H,6-7H2,1-2H3,(H,16,17,18);3-4,7-9H,5-6H2,1-2H3/q;+1. The van der Waals surface area contributed by atoms with E-state index in [2.05, 4.69) is 30.0 Å². The van der Waals surface area contributed by atoms with Crippen LogP contribution >= 0.6 is 46.3 Å². The van der Waals surface area contributed by atoms with Crippen molar-refractivity contribution in [2.24, 2.45) is 5.92 Å². The molecule has 2 heterocycles. The smallest absolute Gasteiger partial charge is 0.267 e. The molecule has 1 unspecified atom stereocenters. The molecule has 5 nitrogen and oxygen atoms in total. The lowest BCUT2D eigenvalue weighted by molar-refractivity contribution is -0.668. The summed E-state index contributed by atoms with van der Waals surface area (Å²) in [6.45, 7) is 9.55. The Kier molecular flexibility index (Phi) is 9.94. The number of anilines is 1. The quantitative estimate of drug-likeness (QED) is 0.232. The van der Waals surface area contributed by atoms with E-state index in [-0.39, 0.29) is 0 Å². The molecule has 35 heavy (non-hydrogen) atoms. The van der Waals surface area contributed by atoms with Gasteiger partial charge in [-0.2, -0.15) is 13.0 Å². The van der Waals surface area contributed by atoms with Crippen molar-refractivity contribution in [3.8, 4) is 0 Å². The van der Waals surface area contributed by atoms with Gasteiger partial charge in [0.25, 0.3) is 10.1 Å². The first kappa shape index (κ1) is 28.3. The minimum absolute atomic E-state index is 0.350. The van der Waals surface area contributed by atoms with E-state index in [1.807, 2.05) is 48.2 Å². The van der Waals surface area contributed by atoms with Crippen molar-refractivity contribution in [1.29, 1.82) is 0 Å². The van der Waals surface area contributed by atoms with Crippen LogP contribution in [-0.2, 0) is 16.7 Å². The molecular weight excluding hydrogens is 543 g/mol. The fourth-order valence-electron chi connectivity index (χ4n) is 3.54. The van der Waals surface area contributed by atoms with Gasteiger partial charge < -0.3 is 4.90 Å². The molecular formula is C25H31Cl2N2O3S3+. The number of hydrogen-bond acceptors (Lipinski definition) is 5. The van der Waals surface area contributed by atoms with Crippen LogP contribution in [0.5, 0.6) is 0 Å². The van der Waals surface area contributed by atoms with Crippen LogP contribution < -0.4 is 9.47 Å². The van der Waals surface area contributed by atoms with Crippen molar-refractivity contribution in [3.63, 3.8) is 0 Å². The first-order chi connectivity index (χ1) is 16.5. The fourth-order valence-corrected chi connectivity index (χ4v) is 6.23. The van der Waals surface area contributed by atoms with Crippen LogP contribution in [0.3, 0.4) is 0 Å². The van der Waals surface area contributed by atoms with Crippen molar-refractivity contribution in [2.75, 3.05) is 11.4 Å². The van der Waals surface area contributed by atoms with Gasteiger partial charge in [-0.05, 0) is 56.5 Å². The summed E-state index contributed by atoms with van der Waals surface area (Å²) in [4.78, 5) is 3.13. The van der Waals surface area contributed by atoms with Crippen molar-refractivity contribution in [3.05, 3.63) is 63.1 Å². The molecule has 4 rings (SSSR count). The molecule has 0 fully saturated rings. The molecule has 190 valence electrons. The number of aromatic nitrogens is 1. The summed E-state index contributed by atoms with van der Waals surface area (Å²) in [6.07, 6.45) is 3.54. The lowest BCUT2D eigenvalue weighted by atomic mass is 10.1. The van der Waals surface area contributed by atoms with Crippen LogP contribution in [0.1, 0.15) is 40.5 Å². The minimum atomic E-state index is -3.98. The first-order valence-electron chi connectivity index (χ1n) is 11.4. The van der Waals surface area contributed by atoms with Gasteiger partial charge in [-0.15, -0.1) is 0 Å². The van der Waals surface area contributed by atoms with Crippen molar-refractivity contribution in [2.45, 2.75) is 57.2 Å². The maximum atomic E-state index is 11.1. The molecule has 2 aromatic carbocycles. The predicted octanol–water partition coefficient (Wildman–Crippen LogP) is 7.67. The summed E-state index contributed by atoms with van der Waals surface area (Å²) >= 11 is 15.4. The van der Waals surface area contributed by atoms with Gasteiger partial charge in [0.1, 0.15) is 11.2 Å². The summed E-state index contributed by atoms with van der Waals surface area (Å²) in [5.74, 6) is 0.742. The fraction of sp³-hybridized carbons (Fsp3) is 0.400. The Hall–Kier alpha value is -1.29. The van der Waals surface area contributed by atoms with E-state index in [9.17, 15) is 8.42 Å². The molecule has 1 aliphatic heterocycles. The zero-order valence-corrected chi connectivity index (χ0v) is 24.2. The van der Waals surface area contributed by atoms with E-state index >= 15 is 0 Å². The molecule has 1 aliphatic rings. The lowest BCUT2D eigenvalue weighted by Gasteiger charge is -2.21. The average molecular weight is 575 g/mol. The van der Waals surface area contributed by atoms with E-state index < -0.39 is 15.4 Å². The SMILES string of the molecule is CC(C)CC[n+]1csc2ccc(Cl)cc21.CC=C1Sc2ccc(Cl)cc2N1CCC(C)S(=O)(=O)O. The van der Waals surface area contributed by atoms with Gasteiger partial charge in [-0.3, -0.25) is 4.55 Å². The number of nitrogens with zero attached hydrogens (tertiary/aromatic N) is 2. The maximum absolute atomic E-state index is 11.1. The maximum Gasteiger partial charge on any atom is 0.267 e. The molecule has 10 heteroatoms. The van der Waals surface area contributed by atoms with Crippen LogP contribution in [0.4, 0.5) is 5.69 Å². The van der Waals surface area contributed by atoms with Crippen molar-refractivity contribution >= 4 is 72.3 Å². The number of allylic oxidation sites excluding steroid dienone is 1. The highest BCUT2D eigenvalue weighted by molar-refractivity contribution is 8.03. The lowest BCUT2D eigenvalue weighted by Crippen LogP contribution is -2.32. The van der Waals surface area contributed by atoms with Crippen LogP contribution in [0.2, 0.25) is 10.0 Å². The molecule has 0 saturated heterocycles. The molecule has 0 saturated carbocycles. The third-order valence-electron chi connectivity index (χ3n) is 5.69. The number of rotatable bonds is 7. The summed E-state index contributed by atoms with van der Waals surface area (Å²) in [5.41, 5.74) is 4.43. The van der Waals surface area contributed by atoms with E-state index in [1.54, 1.807) is 23.1 Å². The van der Waals surface area contributed by atoms with E-state index in [4.69, 9.17) is 27.8 Å². The zero-order chi connectivity index (χ0) is 25.8. The number of fused-ring (bicyclic) bond motifs is 2. The highest BCUT2D eigenvalue weighted by Crippen LogP contribution is 2.46. The first-order valence-corrected chi connectivity index (χ1v) is 15.4. The van der Waals surface area contributed by atoms with Gasteiger partial charge in [-0.25, -0.2) is 0 Å². The molecule has 0 amide bonds. The van der Waals surface area contributed by atoms with Gasteiger partial charge in [0.05, 0.1) is 16.0 Å². The van der Waals surface area contributed by atoms with Gasteiger partial charge >= 0.3 is 0 Å². The molecule has 3 aromatic rings. The Labute approximate surface area is 226 Å². The number of thioether (sulfide) groups is 1. The van der Waals surface area contributed by atoms with E-state index in [0.717, 1.165) is 33.1 Å². The number of benzene rings is 2. The molecule has 1 N–H and O–H groups in total. The van der Waals surface area contributed by atoms with E-state index in [0.29, 0.717) is 18.0 Å². The predicted molar refractivity (Wildman–Crippen MR) is 151 cm³/mol. The van der Waals surface area contributed by atoms with Gasteiger partial charge in [-0.1, -0.05) is 66.2 Å². The molecule has 0 aliphatic carbocycles. The van der Waals surface area contributed by atoms with Gasteiger partial charge in [0.15, 0.2) is 0 Å². The Balaban J connectivity index is 0.000000203. The third kappa shape index (κ3) is 7.60. The number of aryl methyl sites for hydroxylation is 1. The minimum Gasteiger partial charge on any atom is -0.335 e. The summed E-state index contributed by atoms with van der Waals surface area (Å²) in [6, 6.07) is 11.8. The molecule has 1 aromatic heterocycles. The average Bonchev–Trinajstić information content (AvgIpc) is 3.35. The summed E-state index contributed by atoms with van der Waals surface area (Å²) in [5, 5.41) is 1.73. The Morgan fingerprint density at radius 2 is 1.77 bits per heavy atom. The monoisotopic (exact) mass is 573 g/mol. The molecule has 0 bridgehead atoms. The van der Waals surface area contributed by atoms with Crippen LogP contribution in [-0.4, -0.2) is 24.8 Å². The Morgan fingerprint density at radius 1 is 1.09 bits per heavy atom. The normalized spacial score (nSPS) is 15.4. The molecule has 0 radical (unpaired) electrons. The second-order valence-electron chi connectivity index (χ2n) is 8.82. The third-order valence-corrected chi connectivity index (χ3v) is 9.60. The van der Waals surface area contributed by atoms with Gasteiger partial charge in [0, 0.05) is 34.0 Å². The highest BCUT2D eigenvalue weighted by Gasteiger charge is 2.26. The van der Waals surface area contributed by atoms with Crippen molar-refractivity contribution in [1.82, 2.24) is 0 Å². The molecule has 0 spiro atoms. The largest absolute Gasteiger partial charge is 0.335 e. The zero-order valence-electron chi connectivity index (χ0n) is 20.2. The number of halogens is 2. The highest BCUT2D eigenvalue weighted by atomic mass is 35.5. The molecule has 1 atom stereocenters. The van der Waals surface area contributed by atoms with Crippen LogP contribution in [0.25, 0.3) is 10.2 Å². The number of hydrogen-bond donors (Lipinski definition) is 1. The summed E-state index contributed by atoms with van der Waals surface area (Å²) < 4.78 is 34.8. The topological polar surface area (TPSA) is 61.5 Å². The summed E-state index contributed by atoms with van der Waals surface area (Å²) in [7, 11) is -3.98. The second-order valence-corrected chi connectivity index (χ2v) is 13.5. The van der Waals surface area contributed by atoms with Gasteiger partial charge in [0.2, 0.25) is 11.0 Å². The number of thiazole rings is 1. The van der Waals surface area contributed by atoms with E-state index in [1.165, 1.54) is 23.6 Å². The Morgan fingerprint density at radius 3 is 2.43 bits per heavy atom. The Bertz CT molecular complexity index is 1310. The second kappa shape index (κ2) is 12.3. The van der Waals surface area contributed by atoms with Crippen molar-refractivity contribution < 1.29 is 17.5 Å². The van der Waals surface area contributed by atoms with Crippen LogP contribution in [0, 0.1) is 5.92 Å².